The largest absolute Gasteiger partial charge is 0.356 e. The van der Waals surface area contributed by atoms with Crippen LogP contribution in [0.1, 0.15) is 24.0 Å². The Hall–Kier alpha value is -1.00. The van der Waals surface area contributed by atoms with Crippen molar-refractivity contribution in [3.05, 3.63) is 29.3 Å². The van der Waals surface area contributed by atoms with Gasteiger partial charge in [0.25, 0.3) is 0 Å². The highest BCUT2D eigenvalue weighted by molar-refractivity contribution is 7.99. The molecule has 0 fully saturated rings. The van der Waals surface area contributed by atoms with E-state index in [1.165, 1.54) is 22.6 Å². The summed E-state index contributed by atoms with van der Waals surface area (Å²) in [7, 11) is 4.10. The summed E-state index contributed by atoms with van der Waals surface area (Å²) in [5.74, 6) is 1.35. The van der Waals surface area contributed by atoms with Gasteiger partial charge in [0.1, 0.15) is 0 Å². The molecule has 3 nitrogen and oxygen atoms in total. The molecule has 1 heterocycles. The first-order valence-electron chi connectivity index (χ1n) is 7.31. The van der Waals surface area contributed by atoms with Crippen LogP contribution < -0.4 is 5.32 Å². The lowest BCUT2D eigenvalue weighted by molar-refractivity contribution is -0.120. The summed E-state index contributed by atoms with van der Waals surface area (Å²) < 4.78 is 0. The summed E-state index contributed by atoms with van der Waals surface area (Å²) in [6, 6.07) is 6.48. The monoisotopic (exact) mass is 292 g/mol. The Kier molecular flexibility index (Phi) is 5.92. The summed E-state index contributed by atoms with van der Waals surface area (Å²) in [6.07, 6.45) is 3.90. The van der Waals surface area contributed by atoms with Crippen molar-refractivity contribution < 1.29 is 4.79 Å². The zero-order valence-corrected chi connectivity index (χ0v) is 13.3. The number of hydrogen-bond acceptors (Lipinski definition) is 3. The van der Waals surface area contributed by atoms with Gasteiger partial charge in [-0.2, -0.15) is 0 Å². The second kappa shape index (κ2) is 7.70. The molecule has 20 heavy (non-hydrogen) atoms. The molecule has 0 unspecified atom stereocenters. The molecule has 1 aliphatic rings. The topological polar surface area (TPSA) is 32.3 Å². The molecule has 4 heteroatoms. The molecule has 0 aliphatic carbocycles. The van der Waals surface area contributed by atoms with Crippen molar-refractivity contribution >= 4 is 17.7 Å². The third-order valence-corrected chi connectivity index (χ3v) is 4.64. The number of thioether (sulfide) groups is 1. The van der Waals surface area contributed by atoms with Gasteiger partial charge in [-0.3, -0.25) is 4.79 Å². The van der Waals surface area contributed by atoms with Crippen LogP contribution in [0.15, 0.2) is 23.1 Å². The van der Waals surface area contributed by atoms with Crippen LogP contribution in [0.2, 0.25) is 0 Å². The number of benzene rings is 1. The normalized spacial score (nSPS) is 14.2. The maximum atomic E-state index is 11.9. The Morgan fingerprint density at radius 1 is 1.40 bits per heavy atom. The van der Waals surface area contributed by atoms with Crippen molar-refractivity contribution in [3.63, 3.8) is 0 Å². The van der Waals surface area contributed by atoms with Gasteiger partial charge in [-0.15, -0.1) is 11.8 Å². The predicted molar refractivity (Wildman–Crippen MR) is 85.4 cm³/mol. The Bertz CT molecular complexity index is 460. The van der Waals surface area contributed by atoms with Gasteiger partial charge in [-0.25, -0.2) is 0 Å². The van der Waals surface area contributed by atoms with E-state index in [4.69, 9.17) is 0 Å². The van der Waals surface area contributed by atoms with Crippen molar-refractivity contribution in [2.75, 3.05) is 32.9 Å². The molecule has 110 valence electrons. The molecule has 1 aliphatic heterocycles. The quantitative estimate of drug-likeness (QED) is 0.817. The number of hydrogen-bond donors (Lipinski definition) is 1. The molecular formula is C16H24N2OS. The van der Waals surface area contributed by atoms with Crippen molar-refractivity contribution in [1.29, 1.82) is 0 Å². The number of nitrogens with one attached hydrogen (secondary N) is 1. The molecule has 0 saturated heterocycles. The number of rotatable bonds is 6. The van der Waals surface area contributed by atoms with Gasteiger partial charge in [0, 0.05) is 11.4 Å². The first kappa shape index (κ1) is 15.4. The number of aryl methyl sites for hydroxylation is 1. The van der Waals surface area contributed by atoms with Crippen LogP contribution in [-0.4, -0.2) is 43.7 Å². The minimum atomic E-state index is 0.132. The fraction of sp³-hybridized carbons (Fsp3) is 0.562. The third kappa shape index (κ3) is 4.84. The highest BCUT2D eigenvalue weighted by atomic mass is 32.2. The van der Waals surface area contributed by atoms with E-state index in [1.54, 1.807) is 0 Å². The van der Waals surface area contributed by atoms with E-state index in [0.29, 0.717) is 6.42 Å². The average molecular weight is 292 g/mol. The van der Waals surface area contributed by atoms with E-state index < -0.39 is 0 Å². The van der Waals surface area contributed by atoms with Crippen molar-refractivity contribution in [2.45, 2.75) is 30.6 Å². The van der Waals surface area contributed by atoms with Crippen LogP contribution in [0.5, 0.6) is 0 Å². The first-order valence-corrected chi connectivity index (χ1v) is 8.30. The summed E-state index contributed by atoms with van der Waals surface area (Å²) >= 11 is 1.93. The zero-order valence-electron chi connectivity index (χ0n) is 12.4. The van der Waals surface area contributed by atoms with Crippen LogP contribution in [0.4, 0.5) is 0 Å². The number of amides is 1. The SMILES string of the molecule is CN(C)CCCNC(=O)Cc1ccc2c(c1)CCCS2. The van der Waals surface area contributed by atoms with Gasteiger partial charge >= 0.3 is 0 Å². The van der Waals surface area contributed by atoms with Crippen molar-refractivity contribution in [2.24, 2.45) is 0 Å². The third-order valence-electron chi connectivity index (χ3n) is 3.44. The molecule has 1 aromatic carbocycles. The lowest BCUT2D eigenvalue weighted by Gasteiger charge is -2.16. The molecule has 0 atom stereocenters. The first-order chi connectivity index (χ1) is 9.65. The van der Waals surface area contributed by atoms with Crippen molar-refractivity contribution in [3.8, 4) is 0 Å². The molecule has 0 bridgehead atoms. The van der Waals surface area contributed by atoms with Crippen LogP contribution in [0.3, 0.4) is 0 Å². The van der Waals surface area contributed by atoms with Gasteiger partial charge in [-0.1, -0.05) is 12.1 Å². The number of carbonyl (C=O) groups is 1. The van der Waals surface area contributed by atoms with E-state index in [2.05, 4.69) is 28.4 Å². The van der Waals surface area contributed by atoms with Crippen molar-refractivity contribution in [1.82, 2.24) is 10.2 Å². The molecule has 1 aromatic rings. The Morgan fingerprint density at radius 2 is 2.25 bits per heavy atom. The van der Waals surface area contributed by atoms with Crippen LogP contribution in [-0.2, 0) is 17.6 Å². The molecule has 1 amide bonds. The molecule has 0 spiro atoms. The molecular weight excluding hydrogens is 268 g/mol. The van der Waals surface area contributed by atoms with E-state index in [0.717, 1.165) is 31.5 Å². The van der Waals surface area contributed by atoms with Crippen LogP contribution in [0.25, 0.3) is 0 Å². The van der Waals surface area contributed by atoms with Gasteiger partial charge in [0.15, 0.2) is 0 Å². The minimum Gasteiger partial charge on any atom is -0.356 e. The van der Waals surface area contributed by atoms with E-state index in [1.807, 2.05) is 25.9 Å². The number of nitrogens with zero attached hydrogens (tertiary/aromatic N) is 1. The Labute approximate surface area is 126 Å². The number of fused-ring (bicyclic) bond motifs is 1. The second-order valence-corrected chi connectivity index (χ2v) is 6.71. The van der Waals surface area contributed by atoms with Crippen LogP contribution in [0, 0.1) is 0 Å². The van der Waals surface area contributed by atoms with Gasteiger partial charge in [-0.05, 0) is 62.8 Å². The standard InChI is InChI=1S/C16H24N2OS/c1-18(2)9-4-8-17-16(19)12-13-6-7-15-14(11-13)5-3-10-20-15/h6-7,11H,3-5,8-10,12H2,1-2H3,(H,17,19). The van der Waals surface area contributed by atoms with E-state index in [-0.39, 0.29) is 5.91 Å². The van der Waals surface area contributed by atoms with Gasteiger partial charge in [0.05, 0.1) is 6.42 Å². The maximum Gasteiger partial charge on any atom is 0.224 e. The second-order valence-electron chi connectivity index (χ2n) is 5.58. The highest BCUT2D eigenvalue weighted by Gasteiger charge is 2.11. The summed E-state index contributed by atoms with van der Waals surface area (Å²) in [5, 5.41) is 3.00. The van der Waals surface area contributed by atoms with Gasteiger partial charge in [0.2, 0.25) is 5.91 Å². The molecule has 0 aromatic heterocycles. The Morgan fingerprint density at radius 3 is 3.05 bits per heavy atom. The molecule has 2 rings (SSSR count). The predicted octanol–water partition coefficient (Wildman–Crippen LogP) is 2.34. The lowest BCUT2D eigenvalue weighted by Crippen LogP contribution is -2.28. The van der Waals surface area contributed by atoms with Gasteiger partial charge < -0.3 is 10.2 Å². The lowest BCUT2D eigenvalue weighted by atomic mass is 10.0. The van der Waals surface area contributed by atoms with E-state index >= 15 is 0 Å². The summed E-state index contributed by atoms with van der Waals surface area (Å²) in [4.78, 5) is 15.4. The molecule has 0 saturated carbocycles. The highest BCUT2D eigenvalue weighted by Crippen LogP contribution is 2.30. The van der Waals surface area contributed by atoms with Crippen LogP contribution >= 0.6 is 11.8 Å². The average Bonchev–Trinajstić information content (AvgIpc) is 2.43. The molecule has 1 N–H and O–H groups in total. The summed E-state index contributed by atoms with van der Waals surface area (Å²) in [6.45, 7) is 1.77. The molecule has 0 radical (unpaired) electrons. The Balaban J connectivity index is 1.79. The number of carbonyl (C=O) groups excluding carboxylic acids is 1. The maximum absolute atomic E-state index is 11.9. The minimum absolute atomic E-state index is 0.132. The summed E-state index contributed by atoms with van der Waals surface area (Å²) in [5.41, 5.74) is 2.55. The smallest absolute Gasteiger partial charge is 0.224 e. The fourth-order valence-corrected chi connectivity index (χ4v) is 3.41. The fourth-order valence-electron chi connectivity index (χ4n) is 2.39. The van der Waals surface area contributed by atoms with E-state index in [9.17, 15) is 4.79 Å². The zero-order chi connectivity index (χ0) is 14.4.